The monoisotopic (exact) mass is 421 g/mol. The lowest BCUT2D eigenvalue weighted by Crippen LogP contribution is -2.40. The van der Waals surface area contributed by atoms with Crippen molar-refractivity contribution in [3.8, 4) is 5.75 Å². The second kappa shape index (κ2) is 9.21. The number of carbonyl (C=O) groups is 3. The van der Waals surface area contributed by atoms with Gasteiger partial charge in [-0.05, 0) is 36.2 Å². The molecule has 0 saturated heterocycles. The van der Waals surface area contributed by atoms with Gasteiger partial charge < -0.3 is 15.8 Å². The lowest BCUT2D eigenvalue weighted by atomic mass is 10.0. The van der Waals surface area contributed by atoms with E-state index in [-0.39, 0.29) is 23.1 Å². The molecule has 31 heavy (non-hydrogen) atoms. The third kappa shape index (κ3) is 4.95. The molecule has 0 fully saturated rings. The van der Waals surface area contributed by atoms with Crippen molar-refractivity contribution in [1.82, 2.24) is 15.3 Å². The van der Waals surface area contributed by atoms with E-state index in [1.54, 1.807) is 42.5 Å². The van der Waals surface area contributed by atoms with Crippen LogP contribution < -0.4 is 21.1 Å². The number of aromatic nitrogens is 2. The Labute approximate surface area is 179 Å². The maximum Gasteiger partial charge on any atom is 0.296 e. The minimum atomic E-state index is -0.776. The second-order valence-electron chi connectivity index (χ2n) is 7.20. The van der Waals surface area contributed by atoms with Crippen molar-refractivity contribution in [2.45, 2.75) is 19.9 Å². The number of amides is 3. The first-order chi connectivity index (χ1) is 14.8. The summed E-state index contributed by atoms with van der Waals surface area (Å²) in [4.78, 5) is 45.6. The highest BCUT2D eigenvalue weighted by Gasteiger charge is 2.23. The van der Waals surface area contributed by atoms with Crippen molar-refractivity contribution < 1.29 is 19.1 Å². The molecule has 0 aliphatic rings. The summed E-state index contributed by atoms with van der Waals surface area (Å²) in [6, 6.07) is 12.7. The molecule has 0 spiro atoms. The molecule has 4 N–H and O–H groups in total. The van der Waals surface area contributed by atoms with Crippen molar-refractivity contribution >= 4 is 34.4 Å². The minimum Gasteiger partial charge on any atom is -0.497 e. The average Bonchev–Trinajstić information content (AvgIpc) is 2.76. The van der Waals surface area contributed by atoms with E-state index in [9.17, 15) is 14.4 Å². The van der Waals surface area contributed by atoms with Crippen molar-refractivity contribution in [1.29, 1.82) is 0 Å². The first-order valence-corrected chi connectivity index (χ1v) is 9.62. The molecular formula is C22H23N5O4. The van der Waals surface area contributed by atoms with Gasteiger partial charge in [0.1, 0.15) is 17.6 Å². The number of benzene rings is 2. The molecule has 2 aromatic carbocycles. The fourth-order valence-electron chi connectivity index (χ4n) is 3.00. The molecule has 0 bridgehead atoms. The van der Waals surface area contributed by atoms with Crippen LogP contribution >= 0.6 is 0 Å². The molecule has 160 valence electrons. The summed E-state index contributed by atoms with van der Waals surface area (Å²) < 4.78 is 5.10. The summed E-state index contributed by atoms with van der Waals surface area (Å²) in [5.74, 6) is -1.50. The summed E-state index contributed by atoms with van der Waals surface area (Å²) in [5.41, 5.74) is 6.23. The third-order valence-corrected chi connectivity index (χ3v) is 4.63. The molecule has 0 aliphatic carbocycles. The SMILES string of the molecule is COc1cccc(C(=O)NC(=O)c2nc(N[C@H](C(N)=O)C(C)C)c3ccccc3n2)c1. The number of imide groups is 1. The van der Waals surface area contributed by atoms with Gasteiger partial charge in [0.25, 0.3) is 11.8 Å². The van der Waals surface area contributed by atoms with Crippen LogP contribution in [0.25, 0.3) is 10.9 Å². The summed E-state index contributed by atoms with van der Waals surface area (Å²) in [6.07, 6.45) is 0. The van der Waals surface area contributed by atoms with Gasteiger partial charge >= 0.3 is 0 Å². The Morgan fingerprint density at radius 1 is 1.00 bits per heavy atom. The van der Waals surface area contributed by atoms with Crippen molar-refractivity contribution in [2.24, 2.45) is 11.7 Å². The van der Waals surface area contributed by atoms with Gasteiger partial charge in [0.15, 0.2) is 0 Å². The van der Waals surface area contributed by atoms with E-state index in [2.05, 4.69) is 20.6 Å². The van der Waals surface area contributed by atoms with Gasteiger partial charge in [0.05, 0.1) is 12.6 Å². The van der Waals surface area contributed by atoms with Crippen LogP contribution in [0.1, 0.15) is 34.8 Å². The first-order valence-electron chi connectivity index (χ1n) is 9.62. The van der Waals surface area contributed by atoms with Crippen molar-refractivity contribution in [2.75, 3.05) is 12.4 Å². The number of nitrogens with one attached hydrogen (secondary N) is 2. The maximum absolute atomic E-state index is 12.7. The largest absolute Gasteiger partial charge is 0.497 e. The molecule has 0 saturated carbocycles. The normalized spacial score (nSPS) is 11.7. The number of anilines is 1. The number of rotatable bonds is 7. The predicted octanol–water partition coefficient (Wildman–Crippen LogP) is 2.13. The van der Waals surface area contributed by atoms with Crippen LogP contribution in [0.3, 0.4) is 0 Å². The number of para-hydroxylation sites is 1. The number of methoxy groups -OCH3 is 1. The molecule has 0 radical (unpaired) electrons. The van der Waals surface area contributed by atoms with Crippen molar-refractivity contribution in [3.05, 3.63) is 59.9 Å². The van der Waals surface area contributed by atoms with Gasteiger partial charge in [0, 0.05) is 10.9 Å². The zero-order chi connectivity index (χ0) is 22.5. The number of fused-ring (bicyclic) bond motifs is 1. The third-order valence-electron chi connectivity index (χ3n) is 4.63. The van der Waals surface area contributed by atoms with E-state index in [4.69, 9.17) is 10.5 Å². The lowest BCUT2D eigenvalue weighted by molar-refractivity contribution is -0.119. The second-order valence-corrected chi connectivity index (χ2v) is 7.20. The summed E-state index contributed by atoms with van der Waals surface area (Å²) >= 11 is 0. The van der Waals surface area contributed by atoms with Gasteiger partial charge in [-0.1, -0.05) is 32.0 Å². The van der Waals surface area contributed by atoms with E-state index in [0.29, 0.717) is 16.7 Å². The van der Waals surface area contributed by atoms with Gasteiger partial charge in [-0.2, -0.15) is 0 Å². The number of hydrogen-bond donors (Lipinski definition) is 3. The first kappa shape index (κ1) is 21.7. The minimum absolute atomic E-state index is 0.113. The Balaban J connectivity index is 1.93. The Hall–Kier alpha value is -4.01. The Morgan fingerprint density at radius 2 is 1.74 bits per heavy atom. The zero-order valence-electron chi connectivity index (χ0n) is 17.4. The molecule has 9 heteroatoms. The van der Waals surface area contributed by atoms with E-state index in [0.717, 1.165) is 0 Å². The number of carbonyl (C=O) groups excluding carboxylic acids is 3. The van der Waals surface area contributed by atoms with E-state index >= 15 is 0 Å². The van der Waals surface area contributed by atoms with Gasteiger partial charge in [-0.15, -0.1) is 0 Å². The lowest BCUT2D eigenvalue weighted by Gasteiger charge is -2.20. The molecule has 9 nitrogen and oxygen atoms in total. The number of ether oxygens (including phenoxy) is 1. The van der Waals surface area contributed by atoms with Crippen LogP contribution in [0.15, 0.2) is 48.5 Å². The highest BCUT2D eigenvalue weighted by Crippen LogP contribution is 2.22. The van der Waals surface area contributed by atoms with Gasteiger partial charge in [0.2, 0.25) is 11.7 Å². The van der Waals surface area contributed by atoms with Crippen LogP contribution in [0.2, 0.25) is 0 Å². The average molecular weight is 421 g/mol. The summed E-state index contributed by atoms with van der Waals surface area (Å²) in [6.45, 7) is 3.68. The smallest absolute Gasteiger partial charge is 0.296 e. The molecule has 3 rings (SSSR count). The van der Waals surface area contributed by atoms with Crippen LogP contribution in [0, 0.1) is 5.92 Å². The number of nitrogens with zero attached hydrogens (tertiary/aromatic N) is 2. The predicted molar refractivity (Wildman–Crippen MR) is 116 cm³/mol. The maximum atomic E-state index is 12.7. The van der Waals surface area contributed by atoms with Gasteiger partial charge in [-0.3, -0.25) is 19.7 Å². The Bertz CT molecular complexity index is 1150. The molecule has 1 heterocycles. The molecule has 3 aromatic rings. The Morgan fingerprint density at radius 3 is 2.42 bits per heavy atom. The molecular weight excluding hydrogens is 398 g/mol. The zero-order valence-corrected chi connectivity index (χ0v) is 17.4. The van der Waals surface area contributed by atoms with Crippen LogP contribution in [0.5, 0.6) is 5.75 Å². The molecule has 0 unspecified atom stereocenters. The van der Waals surface area contributed by atoms with Crippen LogP contribution in [-0.4, -0.2) is 40.8 Å². The topological polar surface area (TPSA) is 136 Å². The van der Waals surface area contributed by atoms with Gasteiger partial charge in [-0.25, -0.2) is 9.97 Å². The molecule has 1 atom stereocenters. The fourth-order valence-corrected chi connectivity index (χ4v) is 3.00. The van der Waals surface area contributed by atoms with Crippen LogP contribution in [-0.2, 0) is 4.79 Å². The molecule has 0 aliphatic heterocycles. The fraction of sp³-hybridized carbons (Fsp3) is 0.227. The number of nitrogens with two attached hydrogens (primary N) is 1. The molecule has 1 aromatic heterocycles. The van der Waals surface area contributed by atoms with E-state index in [1.807, 2.05) is 13.8 Å². The Kier molecular flexibility index (Phi) is 6.44. The number of primary amides is 1. The number of hydrogen-bond acceptors (Lipinski definition) is 7. The summed E-state index contributed by atoms with van der Waals surface area (Å²) in [7, 11) is 1.48. The van der Waals surface area contributed by atoms with Crippen molar-refractivity contribution in [3.63, 3.8) is 0 Å². The van der Waals surface area contributed by atoms with Crippen LogP contribution in [0.4, 0.5) is 5.82 Å². The van der Waals surface area contributed by atoms with E-state index in [1.165, 1.54) is 13.2 Å². The highest BCUT2D eigenvalue weighted by atomic mass is 16.5. The highest BCUT2D eigenvalue weighted by molar-refractivity contribution is 6.10. The molecule has 3 amide bonds. The van der Waals surface area contributed by atoms with E-state index < -0.39 is 23.8 Å². The quantitative estimate of drug-likeness (QED) is 0.497. The standard InChI is InChI=1S/C22H23N5O4/c1-12(2)17(18(23)28)25-19-15-9-4-5-10-16(15)24-20(26-19)22(30)27-21(29)13-7-6-8-14(11-13)31-3/h4-12,17H,1-3H3,(H2,23,28)(H,24,25,26)(H,27,29,30)/t17-/m0/s1. The summed E-state index contributed by atoms with van der Waals surface area (Å²) in [5, 5.41) is 5.90.